The van der Waals surface area contributed by atoms with E-state index in [4.69, 9.17) is 0 Å². The largest absolute Gasteiger partial charge is 0.314 e. The first kappa shape index (κ1) is 9.95. The third kappa shape index (κ3) is 1.34. The van der Waals surface area contributed by atoms with Crippen LogP contribution in [0.5, 0.6) is 0 Å². The lowest BCUT2D eigenvalue weighted by molar-refractivity contribution is 0.0763. The summed E-state index contributed by atoms with van der Waals surface area (Å²) >= 11 is 0. The summed E-state index contributed by atoms with van der Waals surface area (Å²) in [7, 11) is 0. The maximum Gasteiger partial charge on any atom is 0.111 e. The van der Waals surface area contributed by atoms with Gasteiger partial charge in [-0.1, -0.05) is 6.92 Å². The van der Waals surface area contributed by atoms with E-state index in [9.17, 15) is 5.26 Å². The van der Waals surface area contributed by atoms with Crippen LogP contribution in [0.15, 0.2) is 0 Å². The van der Waals surface area contributed by atoms with Crippen molar-refractivity contribution in [3.63, 3.8) is 0 Å². The zero-order valence-corrected chi connectivity index (χ0v) is 9.14. The Morgan fingerprint density at radius 1 is 1.36 bits per heavy atom. The Bertz CT molecular complexity index is 258. The summed E-state index contributed by atoms with van der Waals surface area (Å²) in [5, 5.41) is 12.7. The molecule has 1 saturated heterocycles. The van der Waals surface area contributed by atoms with Crippen LogP contribution in [0.2, 0.25) is 0 Å². The first-order chi connectivity index (χ1) is 6.62. The first-order valence-corrected chi connectivity index (χ1v) is 5.49. The van der Waals surface area contributed by atoms with Crippen molar-refractivity contribution in [1.82, 2.24) is 10.2 Å². The molecule has 14 heavy (non-hydrogen) atoms. The summed E-state index contributed by atoms with van der Waals surface area (Å²) in [6, 6.07) is 2.55. The number of piperazine rings is 1. The molecule has 1 saturated carbocycles. The molecule has 2 aliphatic rings. The van der Waals surface area contributed by atoms with Gasteiger partial charge < -0.3 is 5.32 Å². The van der Waals surface area contributed by atoms with E-state index in [0.717, 1.165) is 26.2 Å². The summed E-state index contributed by atoms with van der Waals surface area (Å²) in [6.45, 7) is 8.43. The minimum Gasteiger partial charge on any atom is -0.314 e. The van der Waals surface area contributed by atoms with Crippen molar-refractivity contribution in [1.29, 1.82) is 5.26 Å². The summed E-state index contributed by atoms with van der Waals surface area (Å²) in [4.78, 5) is 2.36. The van der Waals surface area contributed by atoms with Gasteiger partial charge in [0.05, 0.1) is 6.07 Å². The van der Waals surface area contributed by atoms with E-state index < -0.39 is 0 Å². The van der Waals surface area contributed by atoms with Gasteiger partial charge in [0.1, 0.15) is 5.54 Å². The van der Waals surface area contributed by atoms with E-state index in [0.29, 0.717) is 0 Å². The van der Waals surface area contributed by atoms with Crippen LogP contribution in [-0.2, 0) is 0 Å². The van der Waals surface area contributed by atoms with Crippen molar-refractivity contribution in [2.75, 3.05) is 26.2 Å². The van der Waals surface area contributed by atoms with E-state index >= 15 is 0 Å². The highest BCUT2D eigenvalue weighted by atomic mass is 15.3. The van der Waals surface area contributed by atoms with E-state index in [2.05, 4.69) is 30.1 Å². The third-order valence-electron chi connectivity index (χ3n) is 4.14. The van der Waals surface area contributed by atoms with Gasteiger partial charge in [0.25, 0.3) is 0 Å². The normalized spacial score (nSPS) is 30.4. The topological polar surface area (TPSA) is 39.1 Å². The van der Waals surface area contributed by atoms with Gasteiger partial charge in [-0.05, 0) is 25.2 Å². The van der Waals surface area contributed by atoms with Gasteiger partial charge in [-0.15, -0.1) is 0 Å². The Balaban J connectivity index is 2.15. The molecule has 0 bridgehead atoms. The van der Waals surface area contributed by atoms with Crippen LogP contribution < -0.4 is 5.32 Å². The van der Waals surface area contributed by atoms with Crippen LogP contribution in [0.25, 0.3) is 0 Å². The van der Waals surface area contributed by atoms with Crippen LogP contribution in [0.1, 0.15) is 26.7 Å². The molecule has 0 aromatic rings. The van der Waals surface area contributed by atoms with Crippen molar-refractivity contribution in [3.8, 4) is 6.07 Å². The quantitative estimate of drug-likeness (QED) is 0.710. The fraction of sp³-hybridized carbons (Fsp3) is 0.909. The highest BCUT2D eigenvalue weighted by Gasteiger charge is 2.56. The van der Waals surface area contributed by atoms with Crippen molar-refractivity contribution in [2.45, 2.75) is 32.2 Å². The van der Waals surface area contributed by atoms with Crippen LogP contribution in [-0.4, -0.2) is 36.6 Å². The molecule has 1 aliphatic carbocycles. The molecule has 3 heteroatoms. The van der Waals surface area contributed by atoms with E-state index in [-0.39, 0.29) is 11.0 Å². The number of rotatable bonds is 2. The molecular formula is C11H19N3. The summed E-state index contributed by atoms with van der Waals surface area (Å²) in [5.74, 6) is 0. The molecule has 2 fully saturated rings. The van der Waals surface area contributed by atoms with E-state index in [1.54, 1.807) is 0 Å². The van der Waals surface area contributed by atoms with E-state index in [1.807, 2.05) is 0 Å². The second kappa shape index (κ2) is 3.22. The molecule has 0 spiro atoms. The summed E-state index contributed by atoms with van der Waals surface area (Å²) in [5.41, 5.74) is 0.00813. The molecule has 78 valence electrons. The predicted molar refractivity (Wildman–Crippen MR) is 55.8 cm³/mol. The average Bonchev–Trinajstić information content (AvgIpc) is 2.98. The maximum atomic E-state index is 9.40. The van der Waals surface area contributed by atoms with Gasteiger partial charge in [0, 0.05) is 26.2 Å². The van der Waals surface area contributed by atoms with Gasteiger partial charge in [-0.25, -0.2) is 0 Å². The van der Waals surface area contributed by atoms with Crippen LogP contribution >= 0.6 is 0 Å². The van der Waals surface area contributed by atoms with Crippen molar-refractivity contribution in [3.05, 3.63) is 0 Å². The zero-order valence-electron chi connectivity index (χ0n) is 9.14. The Kier molecular flexibility index (Phi) is 2.29. The second-order valence-corrected chi connectivity index (χ2v) is 4.98. The highest BCUT2D eigenvalue weighted by molar-refractivity contribution is 5.20. The van der Waals surface area contributed by atoms with Gasteiger partial charge in [-0.3, -0.25) is 4.90 Å². The number of hydrogen-bond acceptors (Lipinski definition) is 3. The Morgan fingerprint density at radius 2 is 1.93 bits per heavy atom. The monoisotopic (exact) mass is 193 g/mol. The molecular weight excluding hydrogens is 174 g/mol. The fourth-order valence-corrected chi connectivity index (χ4v) is 2.37. The molecule has 0 amide bonds. The lowest BCUT2D eigenvalue weighted by Crippen LogP contribution is -2.57. The predicted octanol–water partition coefficient (Wildman–Crippen LogP) is 0.974. The molecule has 1 unspecified atom stereocenters. The maximum absolute atomic E-state index is 9.40. The van der Waals surface area contributed by atoms with Gasteiger partial charge in [0.15, 0.2) is 0 Å². The molecule has 3 nitrogen and oxygen atoms in total. The van der Waals surface area contributed by atoms with Crippen molar-refractivity contribution >= 4 is 0 Å². The zero-order chi connectivity index (χ0) is 10.2. The first-order valence-electron chi connectivity index (χ1n) is 5.49. The summed E-state index contributed by atoms with van der Waals surface area (Å²) in [6.07, 6.45) is 2.42. The number of nitrogens with zero attached hydrogens (tertiary/aromatic N) is 2. The average molecular weight is 193 g/mol. The van der Waals surface area contributed by atoms with Gasteiger partial charge >= 0.3 is 0 Å². The van der Waals surface area contributed by atoms with Crippen LogP contribution in [0, 0.1) is 16.7 Å². The lowest BCUT2D eigenvalue weighted by Gasteiger charge is -2.43. The SMILES string of the molecule is CC1(C(C)(C#N)N2CCNCC2)CC1. The third-order valence-corrected chi connectivity index (χ3v) is 4.14. The smallest absolute Gasteiger partial charge is 0.111 e. The molecule has 0 radical (unpaired) electrons. The van der Waals surface area contributed by atoms with Crippen molar-refractivity contribution in [2.24, 2.45) is 5.41 Å². The molecule has 0 aromatic heterocycles. The minimum atomic E-state index is -0.241. The molecule has 1 aliphatic heterocycles. The molecule has 2 rings (SSSR count). The summed E-state index contributed by atoms with van der Waals surface area (Å²) < 4.78 is 0. The minimum absolute atomic E-state index is 0.241. The van der Waals surface area contributed by atoms with Gasteiger partial charge in [0.2, 0.25) is 0 Å². The number of hydrogen-bond donors (Lipinski definition) is 1. The Labute approximate surface area is 86.1 Å². The molecule has 1 atom stereocenters. The molecule has 0 aromatic carbocycles. The Hall–Kier alpha value is -0.590. The van der Waals surface area contributed by atoms with E-state index in [1.165, 1.54) is 12.8 Å². The van der Waals surface area contributed by atoms with Gasteiger partial charge in [-0.2, -0.15) is 5.26 Å². The van der Waals surface area contributed by atoms with Crippen LogP contribution in [0.4, 0.5) is 0 Å². The lowest BCUT2D eigenvalue weighted by atomic mass is 9.83. The fourth-order valence-electron chi connectivity index (χ4n) is 2.37. The highest BCUT2D eigenvalue weighted by Crippen LogP contribution is 2.55. The Morgan fingerprint density at radius 3 is 2.36 bits per heavy atom. The van der Waals surface area contributed by atoms with Crippen LogP contribution in [0.3, 0.4) is 0 Å². The molecule has 1 N–H and O–H groups in total. The standard InChI is InChI=1S/C11H19N3/c1-10(3-4-10)11(2,9-12)14-7-5-13-6-8-14/h13H,3-8H2,1-2H3. The number of nitriles is 1. The number of nitrogens with one attached hydrogen (secondary N) is 1. The second-order valence-electron chi connectivity index (χ2n) is 4.98. The molecule has 1 heterocycles. The van der Waals surface area contributed by atoms with Crippen molar-refractivity contribution < 1.29 is 0 Å².